The van der Waals surface area contributed by atoms with E-state index in [-0.39, 0.29) is 0 Å². The normalized spacial score (nSPS) is 15.3. The average Bonchev–Trinajstić information content (AvgIpc) is 2.41. The van der Waals surface area contributed by atoms with Crippen molar-refractivity contribution >= 4 is 12.6 Å². The van der Waals surface area contributed by atoms with E-state index in [0.29, 0.717) is 5.46 Å². The van der Waals surface area contributed by atoms with Gasteiger partial charge in [0, 0.05) is 0 Å². The van der Waals surface area contributed by atoms with Crippen molar-refractivity contribution in [3.05, 3.63) is 23.8 Å². The van der Waals surface area contributed by atoms with Crippen LogP contribution < -0.4 is 10.2 Å². The number of fused-ring (bicyclic) bond motifs is 1. The monoisotopic (exact) mass is 192 g/mol. The van der Waals surface area contributed by atoms with E-state index in [2.05, 4.69) is 0 Å². The van der Waals surface area contributed by atoms with Gasteiger partial charge in [-0.3, -0.25) is 0 Å². The van der Waals surface area contributed by atoms with Gasteiger partial charge in [-0.15, -0.1) is 0 Å². The van der Waals surface area contributed by atoms with Gasteiger partial charge in [0.2, 0.25) is 0 Å². The van der Waals surface area contributed by atoms with Gasteiger partial charge in [0.05, 0.1) is 6.61 Å². The Hall–Kier alpha value is -0.995. The highest BCUT2D eigenvalue weighted by atomic mass is 16.5. The summed E-state index contributed by atoms with van der Waals surface area (Å²) in [5.41, 5.74) is 1.52. The van der Waals surface area contributed by atoms with Crippen molar-refractivity contribution in [3.8, 4) is 5.75 Å². The molecule has 1 aromatic rings. The van der Waals surface area contributed by atoms with Crippen LogP contribution in [0, 0.1) is 0 Å². The topological polar surface area (TPSA) is 49.7 Å². The van der Waals surface area contributed by atoms with Crippen LogP contribution >= 0.6 is 0 Å². The number of rotatable bonds is 1. The van der Waals surface area contributed by atoms with Crippen LogP contribution in [-0.2, 0) is 6.42 Å². The maximum absolute atomic E-state index is 9.17. The second kappa shape index (κ2) is 4.03. The molecule has 0 saturated heterocycles. The van der Waals surface area contributed by atoms with Crippen LogP contribution in [0.15, 0.2) is 18.2 Å². The molecule has 0 aromatic heterocycles. The molecule has 0 radical (unpaired) electrons. The molecule has 1 aliphatic heterocycles. The molecule has 2 rings (SSSR count). The summed E-state index contributed by atoms with van der Waals surface area (Å²) in [6.45, 7) is 0.720. The van der Waals surface area contributed by atoms with Gasteiger partial charge in [-0.2, -0.15) is 0 Å². The van der Waals surface area contributed by atoms with E-state index < -0.39 is 7.12 Å². The molecule has 0 unspecified atom stereocenters. The Labute approximate surface area is 83.5 Å². The molecular formula is C10H13BO3. The van der Waals surface area contributed by atoms with Crippen LogP contribution in [0.4, 0.5) is 0 Å². The summed E-state index contributed by atoms with van der Waals surface area (Å²) in [5, 5.41) is 18.3. The first-order valence-electron chi connectivity index (χ1n) is 4.90. The Morgan fingerprint density at radius 2 is 2.07 bits per heavy atom. The molecule has 14 heavy (non-hydrogen) atoms. The van der Waals surface area contributed by atoms with E-state index in [1.807, 2.05) is 6.07 Å². The standard InChI is InChI=1S/C10H13BO3/c12-11(13)9-5-3-6-10-8(9)4-1-2-7-14-10/h3,5-6,12-13H,1-2,4,7H2. The van der Waals surface area contributed by atoms with E-state index in [9.17, 15) is 10.0 Å². The lowest BCUT2D eigenvalue weighted by Gasteiger charge is -2.11. The van der Waals surface area contributed by atoms with Crippen LogP contribution in [0.3, 0.4) is 0 Å². The fourth-order valence-corrected chi connectivity index (χ4v) is 1.81. The zero-order chi connectivity index (χ0) is 9.97. The average molecular weight is 192 g/mol. The van der Waals surface area contributed by atoms with Crippen molar-refractivity contribution in [2.24, 2.45) is 0 Å². The highest BCUT2D eigenvalue weighted by molar-refractivity contribution is 6.59. The predicted molar refractivity (Wildman–Crippen MR) is 54.7 cm³/mol. The molecular weight excluding hydrogens is 179 g/mol. The van der Waals surface area contributed by atoms with E-state index in [4.69, 9.17) is 4.74 Å². The van der Waals surface area contributed by atoms with Crippen molar-refractivity contribution in [2.45, 2.75) is 19.3 Å². The Balaban J connectivity index is 2.42. The molecule has 0 amide bonds. The van der Waals surface area contributed by atoms with Crippen LogP contribution in [0.25, 0.3) is 0 Å². The minimum Gasteiger partial charge on any atom is -0.493 e. The third-order valence-electron chi connectivity index (χ3n) is 2.53. The van der Waals surface area contributed by atoms with Crippen LogP contribution in [-0.4, -0.2) is 23.8 Å². The molecule has 1 heterocycles. The molecule has 1 aromatic carbocycles. The predicted octanol–water partition coefficient (Wildman–Crippen LogP) is 0.0815. The Morgan fingerprint density at radius 3 is 2.86 bits per heavy atom. The molecule has 0 saturated carbocycles. The zero-order valence-electron chi connectivity index (χ0n) is 7.94. The molecule has 74 valence electrons. The summed E-state index contributed by atoms with van der Waals surface area (Å²) in [4.78, 5) is 0. The second-order valence-corrected chi connectivity index (χ2v) is 3.50. The first-order valence-corrected chi connectivity index (χ1v) is 4.90. The Kier molecular flexibility index (Phi) is 2.75. The van der Waals surface area contributed by atoms with Gasteiger partial charge in [0.15, 0.2) is 0 Å². The third-order valence-corrected chi connectivity index (χ3v) is 2.53. The minimum absolute atomic E-state index is 0.574. The van der Waals surface area contributed by atoms with Gasteiger partial charge in [0.1, 0.15) is 5.75 Å². The molecule has 2 N–H and O–H groups in total. The highest BCUT2D eigenvalue weighted by Crippen LogP contribution is 2.22. The van der Waals surface area contributed by atoms with Gasteiger partial charge in [-0.25, -0.2) is 0 Å². The fraction of sp³-hybridized carbons (Fsp3) is 0.400. The quantitative estimate of drug-likeness (QED) is 0.619. The highest BCUT2D eigenvalue weighted by Gasteiger charge is 2.20. The zero-order valence-corrected chi connectivity index (χ0v) is 7.94. The summed E-state index contributed by atoms with van der Waals surface area (Å²) < 4.78 is 5.52. The van der Waals surface area contributed by atoms with E-state index in [1.54, 1.807) is 12.1 Å². The van der Waals surface area contributed by atoms with Crippen molar-refractivity contribution < 1.29 is 14.8 Å². The number of hydrogen-bond donors (Lipinski definition) is 2. The van der Waals surface area contributed by atoms with Crippen molar-refractivity contribution in [1.29, 1.82) is 0 Å². The first kappa shape index (κ1) is 9.56. The molecule has 0 spiro atoms. The van der Waals surface area contributed by atoms with Crippen LogP contribution in [0.1, 0.15) is 18.4 Å². The van der Waals surface area contributed by atoms with Crippen molar-refractivity contribution in [3.63, 3.8) is 0 Å². The van der Waals surface area contributed by atoms with Gasteiger partial charge in [0.25, 0.3) is 0 Å². The molecule has 0 bridgehead atoms. The fourth-order valence-electron chi connectivity index (χ4n) is 1.81. The van der Waals surface area contributed by atoms with Gasteiger partial charge < -0.3 is 14.8 Å². The molecule has 4 heteroatoms. The lowest BCUT2D eigenvalue weighted by atomic mass is 9.76. The minimum atomic E-state index is -1.40. The SMILES string of the molecule is OB(O)c1cccc2c1CCCCO2. The van der Waals surface area contributed by atoms with Gasteiger partial charge in [-0.05, 0) is 36.4 Å². The largest absolute Gasteiger partial charge is 0.493 e. The molecule has 3 nitrogen and oxygen atoms in total. The van der Waals surface area contributed by atoms with Crippen LogP contribution in [0.5, 0.6) is 5.75 Å². The van der Waals surface area contributed by atoms with Crippen molar-refractivity contribution in [2.75, 3.05) is 6.61 Å². The van der Waals surface area contributed by atoms with Gasteiger partial charge in [-0.1, -0.05) is 12.1 Å². The van der Waals surface area contributed by atoms with Crippen molar-refractivity contribution in [1.82, 2.24) is 0 Å². The third kappa shape index (κ3) is 1.76. The number of hydrogen-bond acceptors (Lipinski definition) is 3. The lowest BCUT2D eigenvalue weighted by Crippen LogP contribution is -2.33. The summed E-state index contributed by atoms with van der Waals surface area (Å²) in [5.74, 6) is 0.799. The maximum atomic E-state index is 9.17. The molecule has 1 aliphatic rings. The molecule has 0 fully saturated rings. The molecule has 0 atom stereocenters. The number of ether oxygens (including phenoxy) is 1. The first-order chi connectivity index (χ1) is 6.79. The van der Waals surface area contributed by atoms with Gasteiger partial charge >= 0.3 is 7.12 Å². The van der Waals surface area contributed by atoms with Crippen LogP contribution in [0.2, 0.25) is 0 Å². The number of benzene rings is 1. The Morgan fingerprint density at radius 1 is 1.21 bits per heavy atom. The molecule has 0 aliphatic carbocycles. The summed E-state index contributed by atoms with van der Waals surface area (Å²) >= 11 is 0. The summed E-state index contributed by atoms with van der Waals surface area (Å²) in [6.07, 6.45) is 2.93. The lowest BCUT2D eigenvalue weighted by molar-refractivity contribution is 0.317. The maximum Gasteiger partial charge on any atom is 0.488 e. The second-order valence-electron chi connectivity index (χ2n) is 3.50. The van der Waals surface area contributed by atoms with E-state index >= 15 is 0 Å². The smallest absolute Gasteiger partial charge is 0.488 e. The van der Waals surface area contributed by atoms with E-state index in [0.717, 1.165) is 37.2 Å². The summed E-state index contributed by atoms with van der Waals surface area (Å²) in [7, 11) is -1.40. The Bertz CT molecular complexity index is 325. The summed E-state index contributed by atoms with van der Waals surface area (Å²) in [6, 6.07) is 5.41. The van der Waals surface area contributed by atoms with E-state index in [1.165, 1.54) is 0 Å².